The lowest BCUT2D eigenvalue weighted by Gasteiger charge is -2.27. The highest BCUT2D eigenvalue weighted by atomic mass is 32.7. The van der Waals surface area contributed by atoms with E-state index in [2.05, 4.69) is 20.0 Å². The van der Waals surface area contributed by atoms with Crippen molar-refractivity contribution in [3.8, 4) is 5.88 Å². The average molecular weight is 561 g/mol. The van der Waals surface area contributed by atoms with Gasteiger partial charge in [-0.2, -0.15) is 9.97 Å². The number of aliphatic hydroxyl groups is 2. The van der Waals surface area contributed by atoms with E-state index >= 15 is 0 Å². The van der Waals surface area contributed by atoms with Crippen LogP contribution in [-0.4, -0.2) is 85.6 Å². The number of hydrogen-bond donors (Lipinski definition) is 4. The number of rotatable bonds is 9. The smallest absolute Gasteiger partial charge is 0.327 e. The Balaban J connectivity index is 1.47. The summed E-state index contributed by atoms with van der Waals surface area (Å²) in [5.41, 5.74) is 4.53. The van der Waals surface area contributed by atoms with Crippen LogP contribution in [0, 0.1) is 0 Å². The Kier molecular flexibility index (Phi) is 8.63. The van der Waals surface area contributed by atoms with E-state index in [9.17, 15) is 19.6 Å². The minimum Gasteiger partial charge on any atom is -0.479 e. The first-order valence-corrected chi connectivity index (χ1v) is 15.2. The number of nitrogen functional groups attached to an aromatic ring is 1. The van der Waals surface area contributed by atoms with E-state index in [1.165, 1.54) is 24.9 Å². The molecule has 0 radical (unpaired) electrons. The van der Waals surface area contributed by atoms with Gasteiger partial charge in [-0.3, -0.25) is 13.9 Å². The normalized spacial score (nSPS) is 32.4. The standard InChI is InChI=1S/C21H33N6O8PS/c1-4-5-8-33-18(29)12-7-6-9-37-36(31,26-12)34-10-13-15(28)21(2,30)19(35-13)27-11-23-14-16(27)24-20(22)25-17(14)32-3/h11-13,15,19,28,30H,4-10H2,1-3H3,(H,26,31)(H2,22,24,25)/t12-,13+,15+,19?,21+,36?/m0/s1. The predicted octanol–water partition coefficient (Wildman–Crippen LogP) is 1.38. The largest absolute Gasteiger partial charge is 0.479 e. The number of anilines is 1. The van der Waals surface area contributed by atoms with Crippen molar-refractivity contribution in [2.24, 2.45) is 0 Å². The molecule has 37 heavy (non-hydrogen) atoms. The van der Waals surface area contributed by atoms with Crippen LogP contribution < -0.4 is 15.6 Å². The average Bonchev–Trinajstić information content (AvgIpc) is 3.28. The number of carbonyl (C=O) groups is 1. The van der Waals surface area contributed by atoms with Gasteiger partial charge in [0.15, 0.2) is 17.4 Å². The summed E-state index contributed by atoms with van der Waals surface area (Å²) in [4.78, 5) is 24.9. The molecule has 206 valence electrons. The topological polar surface area (TPSA) is 193 Å². The summed E-state index contributed by atoms with van der Waals surface area (Å²) in [6.45, 7) is -0.156. The summed E-state index contributed by atoms with van der Waals surface area (Å²) in [5.74, 6) is 0.128. The molecule has 16 heteroatoms. The van der Waals surface area contributed by atoms with Crippen molar-refractivity contribution in [1.82, 2.24) is 24.6 Å². The van der Waals surface area contributed by atoms with Gasteiger partial charge in [0.25, 0.3) is 0 Å². The Labute approximate surface area is 217 Å². The number of unbranched alkanes of at least 4 members (excludes halogenated alkanes) is 1. The minimum atomic E-state index is -3.54. The molecule has 0 amide bonds. The number of nitrogens with one attached hydrogen (secondary N) is 1. The fourth-order valence-electron chi connectivity index (χ4n) is 4.20. The number of imidazole rings is 1. The molecule has 0 saturated carbocycles. The highest BCUT2D eigenvalue weighted by molar-refractivity contribution is 8.56. The lowest BCUT2D eigenvalue weighted by molar-refractivity contribution is -0.146. The molecule has 4 heterocycles. The molecule has 0 bridgehead atoms. The quantitative estimate of drug-likeness (QED) is 0.195. The van der Waals surface area contributed by atoms with Crippen LogP contribution in [0.4, 0.5) is 5.95 Å². The van der Waals surface area contributed by atoms with Crippen LogP contribution in [0.25, 0.3) is 11.2 Å². The van der Waals surface area contributed by atoms with Gasteiger partial charge in [0.2, 0.25) is 11.8 Å². The molecule has 2 aliphatic rings. The Morgan fingerprint density at radius 3 is 2.97 bits per heavy atom. The SMILES string of the molecule is CCCCOC(=O)[C@@H]1CCCSP(=O)(OC[C@H]2OC(n3cnc4c(OC)nc(N)nc43)[C@](C)(O)[C@@H]2O)N1. The van der Waals surface area contributed by atoms with Crippen molar-refractivity contribution in [1.29, 1.82) is 0 Å². The fraction of sp³-hybridized carbons (Fsp3) is 0.714. The van der Waals surface area contributed by atoms with Crippen LogP contribution in [0.5, 0.6) is 5.88 Å². The number of fused-ring (bicyclic) bond motifs is 1. The Morgan fingerprint density at radius 1 is 1.46 bits per heavy atom. The Bertz CT molecular complexity index is 1170. The lowest BCUT2D eigenvalue weighted by atomic mass is 9.96. The van der Waals surface area contributed by atoms with Crippen LogP contribution in [0.3, 0.4) is 0 Å². The molecule has 5 N–H and O–H groups in total. The third-order valence-corrected chi connectivity index (χ3v) is 10.4. The third-order valence-electron chi connectivity index (χ3n) is 6.26. The van der Waals surface area contributed by atoms with Gasteiger partial charge < -0.3 is 34.7 Å². The van der Waals surface area contributed by atoms with E-state index in [1.807, 2.05) is 6.92 Å². The van der Waals surface area contributed by atoms with Gasteiger partial charge in [-0.25, -0.2) is 10.1 Å². The van der Waals surface area contributed by atoms with Crippen molar-refractivity contribution in [3.63, 3.8) is 0 Å². The molecule has 2 saturated heterocycles. The maximum Gasteiger partial charge on any atom is 0.327 e. The second-order valence-corrected chi connectivity index (χ2v) is 13.5. The molecule has 2 unspecified atom stereocenters. The van der Waals surface area contributed by atoms with Crippen molar-refractivity contribution >= 4 is 41.2 Å². The van der Waals surface area contributed by atoms with E-state index in [0.29, 0.717) is 30.7 Å². The Hall–Kier alpha value is -2.00. The number of esters is 1. The van der Waals surface area contributed by atoms with E-state index < -0.39 is 42.8 Å². The summed E-state index contributed by atoms with van der Waals surface area (Å²) in [5, 5.41) is 24.9. The summed E-state index contributed by atoms with van der Waals surface area (Å²) in [6.07, 6.45) is 0.538. The maximum absolute atomic E-state index is 13.5. The molecular weight excluding hydrogens is 527 g/mol. The zero-order valence-electron chi connectivity index (χ0n) is 20.9. The monoisotopic (exact) mass is 560 g/mol. The van der Waals surface area contributed by atoms with E-state index in [4.69, 9.17) is 24.5 Å². The first kappa shape index (κ1) is 28.0. The van der Waals surface area contributed by atoms with Gasteiger partial charge in [-0.05, 0) is 26.2 Å². The highest BCUT2D eigenvalue weighted by Gasteiger charge is 2.54. The van der Waals surface area contributed by atoms with Crippen molar-refractivity contribution in [3.05, 3.63) is 6.33 Å². The summed E-state index contributed by atoms with van der Waals surface area (Å²) in [6, 6.07) is -0.764. The van der Waals surface area contributed by atoms with Crippen LogP contribution >= 0.6 is 18.1 Å². The van der Waals surface area contributed by atoms with Gasteiger partial charge in [0, 0.05) is 5.75 Å². The van der Waals surface area contributed by atoms with E-state index in [1.54, 1.807) is 0 Å². The molecule has 2 fully saturated rings. The Morgan fingerprint density at radius 2 is 2.24 bits per heavy atom. The molecule has 6 atom stereocenters. The molecule has 0 aromatic carbocycles. The number of nitrogens with two attached hydrogens (primary N) is 1. The number of nitrogens with zero attached hydrogens (tertiary/aromatic N) is 4. The molecule has 4 rings (SSSR count). The molecular formula is C21H33N6O8PS. The van der Waals surface area contributed by atoms with Gasteiger partial charge >= 0.3 is 12.7 Å². The maximum atomic E-state index is 13.5. The number of aromatic nitrogens is 4. The molecule has 2 aromatic rings. The van der Waals surface area contributed by atoms with Gasteiger partial charge in [-0.15, -0.1) is 0 Å². The van der Waals surface area contributed by atoms with Crippen LogP contribution in [0.2, 0.25) is 0 Å². The van der Waals surface area contributed by atoms with Gasteiger partial charge in [0.1, 0.15) is 23.9 Å². The number of methoxy groups -OCH3 is 1. The predicted molar refractivity (Wildman–Crippen MR) is 135 cm³/mol. The zero-order chi connectivity index (χ0) is 26.8. The van der Waals surface area contributed by atoms with Crippen LogP contribution in [-0.2, 0) is 23.4 Å². The lowest BCUT2D eigenvalue weighted by Crippen LogP contribution is -2.44. The number of ether oxygens (including phenoxy) is 3. The minimum absolute atomic E-state index is 0.0680. The van der Waals surface area contributed by atoms with E-state index in [-0.39, 0.29) is 24.1 Å². The number of hydrogen-bond acceptors (Lipinski definition) is 13. The van der Waals surface area contributed by atoms with Gasteiger partial charge in [-0.1, -0.05) is 24.7 Å². The van der Waals surface area contributed by atoms with Crippen molar-refractivity contribution in [2.45, 2.75) is 69.6 Å². The first-order chi connectivity index (χ1) is 17.6. The fourth-order valence-corrected chi connectivity index (χ4v) is 8.04. The molecule has 0 aliphatic carbocycles. The second kappa shape index (κ2) is 11.4. The molecule has 0 spiro atoms. The summed E-state index contributed by atoms with van der Waals surface area (Å²) < 4.78 is 37.1. The molecule has 14 nitrogen and oxygen atoms in total. The van der Waals surface area contributed by atoms with Gasteiger partial charge in [0.05, 0.1) is 26.7 Å². The second-order valence-electron chi connectivity index (χ2n) is 9.08. The van der Waals surface area contributed by atoms with Crippen LogP contribution in [0.1, 0.15) is 45.8 Å². The highest BCUT2D eigenvalue weighted by Crippen LogP contribution is 2.58. The number of aliphatic hydroxyl groups excluding tert-OH is 1. The molecule has 2 aliphatic heterocycles. The number of carbonyl (C=O) groups excluding carboxylic acids is 1. The van der Waals surface area contributed by atoms with Crippen molar-refractivity contribution in [2.75, 3.05) is 31.8 Å². The van der Waals surface area contributed by atoms with Crippen LogP contribution in [0.15, 0.2) is 6.33 Å². The van der Waals surface area contributed by atoms with E-state index in [0.717, 1.165) is 24.2 Å². The first-order valence-electron chi connectivity index (χ1n) is 12.0. The third kappa shape index (κ3) is 5.87. The zero-order valence-corrected chi connectivity index (χ0v) is 22.6. The summed E-state index contributed by atoms with van der Waals surface area (Å²) >= 11 is 1.08. The summed E-state index contributed by atoms with van der Waals surface area (Å²) in [7, 11) is 1.41. The molecule has 2 aromatic heterocycles. The van der Waals surface area contributed by atoms with Crippen molar-refractivity contribution < 1.29 is 38.3 Å².